The Morgan fingerprint density at radius 2 is 1.76 bits per heavy atom. The summed E-state index contributed by atoms with van der Waals surface area (Å²) in [4.78, 5) is 14.0. The van der Waals surface area contributed by atoms with Crippen LogP contribution in [-0.4, -0.2) is 23.9 Å². The van der Waals surface area contributed by atoms with Gasteiger partial charge in [-0.25, -0.2) is 0 Å². The van der Waals surface area contributed by atoms with E-state index in [0.29, 0.717) is 0 Å². The lowest BCUT2D eigenvalue weighted by Crippen LogP contribution is -2.38. The van der Waals surface area contributed by atoms with Crippen LogP contribution in [0.3, 0.4) is 0 Å². The molecular formula is C14H20ClNO. The Kier molecular flexibility index (Phi) is 5.49. The van der Waals surface area contributed by atoms with Gasteiger partial charge in [0.25, 0.3) is 0 Å². The van der Waals surface area contributed by atoms with E-state index in [4.69, 9.17) is 11.6 Å². The minimum absolute atomic E-state index is 0.0217. The summed E-state index contributed by atoms with van der Waals surface area (Å²) in [6, 6.07) is 9.76. The van der Waals surface area contributed by atoms with Crippen molar-refractivity contribution in [3.63, 3.8) is 0 Å². The Morgan fingerprint density at radius 3 is 2.24 bits per heavy atom. The fourth-order valence-corrected chi connectivity index (χ4v) is 2.26. The van der Waals surface area contributed by atoms with Crippen LogP contribution in [0.1, 0.15) is 37.6 Å². The van der Waals surface area contributed by atoms with Gasteiger partial charge >= 0.3 is 0 Å². The zero-order chi connectivity index (χ0) is 12.8. The molecule has 0 spiro atoms. The van der Waals surface area contributed by atoms with Gasteiger partial charge in [-0.3, -0.25) is 4.79 Å². The highest BCUT2D eigenvalue weighted by Crippen LogP contribution is 2.23. The second-order valence-corrected chi connectivity index (χ2v) is 4.63. The summed E-state index contributed by atoms with van der Waals surface area (Å²) < 4.78 is 0. The topological polar surface area (TPSA) is 20.3 Å². The number of rotatable bonds is 5. The van der Waals surface area contributed by atoms with Gasteiger partial charge in [-0.1, -0.05) is 44.2 Å². The predicted molar refractivity (Wildman–Crippen MR) is 72.2 cm³/mol. The summed E-state index contributed by atoms with van der Waals surface area (Å²) in [7, 11) is 1.83. The van der Waals surface area contributed by atoms with Crippen LogP contribution in [0.15, 0.2) is 30.3 Å². The molecule has 1 unspecified atom stereocenters. The van der Waals surface area contributed by atoms with Crippen molar-refractivity contribution in [3.8, 4) is 0 Å². The van der Waals surface area contributed by atoms with Crippen molar-refractivity contribution in [1.29, 1.82) is 0 Å². The largest absolute Gasteiger partial charge is 0.341 e. The van der Waals surface area contributed by atoms with Crippen molar-refractivity contribution in [2.24, 2.45) is 0 Å². The summed E-state index contributed by atoms with van der Waals surface area (Å²) in [5, 5.41) is -0.582. The summed E-state index contributed by atoms with van der Waals surface area (Å²) in [5.41, 5.74) is 0.858. The van der Waals surface area contributed by atoms with Crippen LogP contribution < -0.4 is 0 Å². The molecule has 0 aliphatic heterocycles. The summed E-state index contributed by atoms with van der Waals surface area (Å²) in [6.45, 7) is 4.17. The zero-order valence-electron chi connectivity index (χ0n) is 10.7. The molecular weight excluding hydrogens is 234 g/mol. The molecule has 0 N–H and O–H groups in total. The zero-order valence-corrected chi connectivity index (χ0v) is 11.4. The normalized spacial score (nSPS) is 12.5. The summed E-state index contributed by atoms with van der Waals surface area (Å²) in [5.74, 6) is -0.0217. The number of amides is 1. The van der Waals surface area contributed by atoms with Crippen molar-refractivity contribution in [2.75, 3.05) is 7.05 Å². The maximum Gasteiger partial charge on any atom is 0.245 e. The number of carbonyl (C=O) groups is 1. The minimum Gasteiger partial charge on any atom is -0.341 e. The first kappa shape index (κ1) is 14.0. The molecule has 94 valence electrons. The van der Waals surface area contributed by atoms with Gasteiger partial charge < -0.3 is 4.90 Å². The highest BCUT2D eigenvalue weighted by Gasteiger charge is 2.24. The lowest BCUT2D eigenvalue weighted by Gasteiger charge is -2.28. The van der Waals surface area contributed by atoms with Crippen LogP contribution in [0, 0.1) is 0 Å². The molecule has 0 saturated heterocycles. The lowest BCUT2D eigenvalue weighted by molar-refractivity contribution is -0.131. The molecule has 0 radical (unpaired) electrons. The Hall–Kier alpha value is -1.02. The number of benzene rings is 1. The molecule has 0 aliphatic rings. The first-order valence-electron chi connectivity index (χ1n) is 6.07. The van der Waals surface area contributed by atoms with Gasteiger partial charge in [0.1, 0.15) is 5.38 Å². The van der Waals surface area contributed by atoms with Crippen LogP contribution in [0.4, 0.5) is 0 Å². The number of alkyl halides is 1. The molecule has 2 nitrogen and oxygen atoms in total. The number of hydrogen-bond acceptors (Lipinski definition) is 1. The predicted octanol–water partition coefficient (Wildman–Crippen LogP) is 3.61. The third-order valence-corrected chi connectivity index (χ3v) is 3.59. The van der Waals surface area contributed by atoms with Crippen molar-refractivity contribution < 1.29 is 4.79 Å². The van der Waals surface area contributed by atoms with Gasteiger partial charge in [0.05, 0.1) is 0 Å². The fraction of sp³-hybridized carbons (Fsp3) is 0.500. The average Bonchev–Trinajstić information content (AvgIpc) is 2.39. The highest BCUT2D eigenvalue weighted by atomic mass is 35.5. The quantitative estimate of drug-likeness (QED) is 0.734. The van der Waals surface area contributed by atoms with Gasteiger partial charge in [0.15, 0.2) is 0 Å². The molecule has 0 fully saturated rings. The molecule has 1 rings (SSSR count). The molecule has 0 heterocycles. The molecule has 0 bridgehead atoms. The minimum atomic E-state index is -0.582. The van der Waals surface area contributed by atoms with Gasteiger partial charge in [0, 0.05) is 13.1 Å². The number of likely N-dealkylation sites (N-methyl/N-ethyl adjacent to an activating group) is 1. The Bertz CT molecular complexity index is 348. The Balaban J connectivity index is 2.76. The second-order valence-electron chi connectivity index (χ2n) is 4.19. The van der Waals surface area contributed by atoms with Crippen molar-refractivity contribution in [3.05, 3.63) is 35.9 Å². The molecule has 0 aliphatic carbocycles. The van der Waals surface area contributed by atoms with E-state index in [9.17, 15) is 4.79 Å². The SMILES string of the molecule is CCC(CC)N(C)C(=O)C(Cl)c1ccccc1. The smallest absolute Gasteiger partial charge is 0.245 e. The number of nitrogens with zero attached hydrogens (tertiary/aromatic N) is 1. The number of halogens is 1. The van der Waals surface area contributed by atoms with Crippen molar-refractivity contribution in [2.45, 2.75) is 38.1 Å². The maximum absolute atomic E-state index is 12.2. The summed E-state index contributed by atoms with van der Waals surface area (Å²) >= 11 is 6.22. The van der Waals surface area contributed by atoms with Gasteiger partial charge in [-0.15, -0.1) is 11.6 Å². The van der Waals surface area contributed by atoms with Crippen molar-refractivity contribution >= 4 is 17.5 Å². The average molecular weight is 254 g/mol. The Morgan fingerprint density at radius 1 is 1.24 bits per heavy atom. The number of hydrogen-bond donors (Lipinski definition) is 0. The fourth-order valence-electron chi connectivity index (χ4n) is 1.96. The van der Waals surface area contributed by atoms with E-state index in [1.807, 2.05) is 37.4 Å². The maximum atomic E-state index is 12.2. The van der Waals surface area contributed by atoms with Crippen LogP contribution in [0.5, 0.6) is 0 Å². The van der Waals surface area contributed by atoms with E-state index >= 15 is 0 Å². The standard InChI is InChI=1S/C14H20ClNO/c1-4-12(5-2)16(3)14(17)13(15)11-9-7-6-8-10-11/h6-10,12-13H,4-5H2,1-3H3. The van der Waals surface area contributed by atoms with Gasteiger partial charge in [0.2, 0.25) is 5.91 Å². The van der Waals surface area contributed by atoms with Crippen LogP contribution >= 0.6 is 11.6 Å². The molecule has 1 aromatic rings. The third kappa shape index (κ3) is 3.47. The number of carbonyl (C=O) groups excluding carboxylic acids is 1. The van der Waals surface area contributed by atoms with Gasteiger partial charge in [-0.05, 0) is 18.4 Å². The Labute approximate surface area is 109 Å². The summed E-state index contributed by atoms with van der Waals surface area (Å²) in [6.07, 6.45) is 1.91. The molecule has 17 heavy (non-hydrogen) atoms. The van der Waals surface area contributed by atoms with E-state index in [-0.39, 0.29) is 11.9 Å². The van der Waals surface area contributed by atoms with E-state index in [1.165, 1.54) is 0 Å². The van der Waals surface area contributed by atoms with Gasteiger partial charge in [-0.2, -0.15) is 0 Å². The van der Waals surface area contributed by atoms with E-state index in [1.54, 1.807) is 4.90 Å². The van der Waals surface area contributed by atoms with Crippen molar-refractivity contribution in [1.82, 2.24) is 4.90 Å². The second kappa shape index (κ2) is 6.65. The first-order valence-corrected chi connectivity index (χ1v) is 6.51. The van der Waals surface area contributed by atoms with Crippen LogP contribution in [-0.2, 0) is 4.79 Å². The van der Waals surface area contributed by atoms with E-state index < -0.39 is 5.38 Å². The molecule has 3 heteroatoms. The third-order valence-electron chi connectivity index (χ3n) is 3.15. The molecule has 0 saturated carbocycles. The van der Waals surface area contributed by atoms with E-state index in [0.717, 1.165) is 18.4 Å². The molecule has 1 atom stereocenters. The first-order chi connectivity index (χ1) is 8.11. The van der Waals surface area contributed by atoms with Crippen LogP contribution in [0.2, 0.25) is 0 Å². The molecule has 1 amide bonds. The molecule has 1 aromatic carbocycles. The van der Waals surface area contributed by atoms with E-state index in [2.05, 4.69) is 13.8 Å². The highest BCUT2D eigenvalue weighted by molar-refractivity contribution is 6.30. The lowest BCUT2D eigenvalue weighted by atomic mass is 10.1. The molecule has 0 aromatic heterocycles. The monoisotopic (exact) mass is 253 g/mol. The van der Waals surface area contributed by atoms with Crippen LogP contribution in [0.25, 0.3) is 0 Å².